The molecule has 0 fully saturated rings. The lowest BCUT2D eigenvalue weighted by Crippen LogP contribution is -2.42. The fraction of sp³-hybridized carbons (Fsp3) is 0.588. The maximum Gasteiger partial charge on any atom is 0.191 e. The van der Waals surface area contributed by atoms with Gasteiger partial charge >= 0.3 is 0 Å². The molecule has 0 bridgehead atoms. The summed E-state index contributed by atoms with van der Waals surface area (Å²) in [6, 6.07) is 7.62. The molecule has 5 heteroatoms. The summed E-state index contributed by atoms with van der Waals surface area (Å²) >= 11 is 0. The van der Waals surface area contributed by atoms with E-state index in [-0.39, 0.29) is 29.7 Å². The second-order valence-corrected chi connectivity index (χ2v) is 5.88. The van der Waals surface area contributed by atoms with Crippen LogP contribution >= 0.6 is 24.0 Å². The molecule has 1 rings (SSSR count). The second kappa shape index (κ2) is 11.6. The van der Waals surface area contributed by atoms with E-state index in [0.29, 0.717) is 12.6 Å². The number of guanidine groups is 1. The molecular formula is C17H30IN3O. The number of nitrogens with one attached hydrogen (secondary N) is 2. The van der Waals surface area contributed by atoms with Crippen LogP contribution in [0.25, 0.3) is 0 Å². The van der Waals surface area contributed by atoms with E-state index in [1.54, 1.807) is 12.1 Å². The molecule has 126 valence electrons. The first-order chi connectivity index (χ1) is 10.0. The second-order valence-electron chi connectivity index (χ2n) is 5.88. The summed E-state index contributed by atoms with van der Waals surface area (Å²) in [6.07, 6.45) is 2.34. The normalized spacial score (nSPS) is 12.7. The van der Waals surface area contributed by atoms with Crippen LogP contribution in [0.5, 0.6) is 5.75 Å². The third kappa shape index (κ3) is 9.12. The van der Waals surface area contributed by atoms with Crippen molar-refractivity contribution in [3.05, 3.63) is 29.8 Å². The molecule has 1 aromatic rings. The van der Waals surface area contributed by atoms with E-state index in [1.807, 2.05) is 12.1 Å². The largest absolute Gasteiger partial charge is 0.508 e. The van der Waals surface area contributed by atoms with Gasteiger partial charge in [0.2, 0.25) is 0 Å². The standard InChI is InChI=1S/C17H29N3O.HI/c1-5-18-17(20-14(4)10-9-13(2)3)19-12-15-7-6-8-16(21)11-15;/h6-8,11,13-14,21H,5,9-10,12H2,1-4H3,(H2,18,19,20);1H. The summed E-state index contributed by atoms with van der Waals surface area (Å²) in [5.74, 6) is 1.84. The molecule has 1 unspecified atom stereocenters. The highest BCUT2D eigenvalue weighted by Gasteiger charge is 2.06. The Hall–Kier alpha value is -0.980. The SMILES string of the molecule is CCNC(=NCc1cccc(O)c1)NC(C)CCC(C)C.I. The Morgan fingerprint density at radius 3 is 2.55 bits per heavy atom. The monoisotopic (exact) mass is 419 g/mol. The van der Waals surface area contributed by atoms with Crippen molar-refractivity contribution < 1.29 is 5.11 Å². The molecule has 1 atom stereocenters. The summed E-state index contributed by atoms with van der Waals surface area (Å²) in [5.41, 5.74) is 1.00. The number of nitrogens with zero attached hydrogens (tertiary/aromatic N) is 1. The fourth-order valence-corrected chi connectivity index (χ4v) is 2.03. The Morgan fingerprint density at radius 2 is 1.95 bits per heavy atom. The topological polar surface area (TPSA) is 56.7 Å². The number of aromatic hydroxyl groups is 1. The van der Waals surface area contributed by atoms with Crippen LogP contribution in [0.2, 0.25) is 0 Å². The van der Waals surface area contributed by atoms with Crippen LogP contribution in [0.4, 0.5) is 0 Å². The average Bonchev–Trinajstić information content (AvgIpc) is 2.43. The van der Waals surface area contributed by atoms with Gasteiger partial charge in [0.25, 0.3) is 0 Å². The molecule has 0 saturated carbocycles. The van der Waals surface area contributed by atoms with Gasteiger partial charge in [-0.2, -0.15) is 0 Å². The summed E-state index contributed by atoms with van der Waals surface area (Å²) in [6.45, 7) is 10.1. The van der Waals surface area contributed by atoms with Gasteiger partial charge in [-0.25, -0.2) is 4.99 Å². The van der Waals surface area contributed by atoms with Gasteiger partial charge in [0, 0.05) is 12.6 Å². The first kappa shape index (κ1) is 21.0. The molecule has 3 N–H and O–H groups in total. The number of halogens is 1. The summed E-state index contributed by atoms with van der Waals surface area (Å²) in [7, 11) is 0. The Kier molecular flexibility index (Phi) is 11.1. The van der Waals surface area contributed by atoms with Gasteiger partial charge in [0.1, 0.15) is 5.75 Å². The third-order valence-corrected chi connectivity index (χ3v) is 3.23. The minimum atomic E-state index is 0. The van der Waals surface area contributed by atoms with Crippen molar-refractivity contribution >= 4 is 29.9 Å². The predicted octanol–water partition coefficient (Wildman–Crippen LogP) is 3.89. The van der Waals surface area contributed by atoms with Crippen LogP contribution in [0.15, 0.2) is 29.3 Å². The number of hydrogen-bond donors (Lipinski definition) is 3. The van der Waals surface area contributed by atoms with E-state index in [9.17, 15) is 5.11 Å². The highest BCUT2D eigenvalue weighted by Crippen LogP contribution is 2.11. The molecular weight excluding hydrogens is 389 g/mol. The highest BCUT2D eigenvalue weighted by molar-refractivity contribution is 14.0. The van der Waals surface area contributed by atoms with Crippen LogP contribution in [0.3, 0.4) is 0 Å². The number of phenolic OH excluding ortho intramolecular Hbond substituents is 1. The van der Waals surface area contributed by atoms with Crippen LogP contribution in [0.1, 0.15) is 46.1 Å². The quantitative estimate of drug-likeness (QED) is 0.357. The van der Waals surface area contributed by atoms with Crippen molar-refractivity contribution in [1.29, 1.82) is 0 Å². The molecule has 0 aliphatic heterocycles. The lowest BCUT2D eigenvalue weighted by molar-refractivity contribution is 0.474. The maximum absolute atomic E-state index is 9.47. The Labute approximate surface area is 151 Å². The molecule has 0 saturated heterocycles. The zero-order chi connectivity index (χ0) is 15.7. The van der Waals surface area contributed by atoms with Gasteiger partial charge in [-0.05, 0) is 50.3 Å². The maximum atomic E-state index is 9.47. The molecule has 0 aliphatic rings. The lowest BCUT2D eigenvalue weighted by Gasteiger charge is -2.18. The van der Waals surface area contributed by atoms with E-state index in [0.717, 1.165) is 30.4 Å². The minimum absolute atomic E-state index is 0. The van der Waals surface area contributed by atoms with Crippen molar-refractivity contribution in [2.24, 2.45) is 10.9 Å². The van der Waals surface area contributed by atoms with E-state index in [1.165, 1.54) is 6.42 Å². The number of aliphatic imine (C=N–C) groups is 1. The van der Waals surface area contributed by atoms with Crippen LogP contribution in [-0.2, 0) is 6.54 Å². The van der Waals surface area contributed by atoms with E-state index in [2.05, 4.69) is 43.3 Å². The average molecular weight is 419 g/mol. The lowest BCUT2D eigenvalue weighted by atomic mass is 10.0. The molecule has 1 aromatic carbocycles. The summed E-state index contributed by atoms with van der Waals surface area (Å²) < 4.78 is 0. The Bertz CT molecular complexity index is 449. The van der Waals surface area contributed by atoms with Crippen molar-refractivity contribution in [2.75, 3.05) is 6.54 Å². The van der Waals surface area contributed by atoms with Crippen LogP contribution in [-0.4, -0.2) is 23.7 Å². The minimum Gasteiger partial charge on any atom is -0.508 e. The van der Waals surface area contributed by atoms with E-state index >= 15 is 0 Å². The van der Waals surface area contributed by atoms with E-state index in [4.69, 9.17) is 0 Å². The summed E-state index contributed by atoms with van der Waals surface area (Å²) in [4.78, 5) is 4.58. The van der Waals surface area contributed by atoms with Gasteiger partial charge < -0.3 is 15.7 Å². The molecule has 4 nitrogen and oxygen atoms in total. The molecule has 0 spiro atoms. The number of benzene rings is 1. The van der Waals surface area contributed by atoms with Crippen molar-refractivity contribution in [2.45, 2.75) is 53.1 Å². The van der Waals surface area contributed by atoms with Crippen LogP contribution < -0.4 is 10.6 Å². The number of hydrogen-bond acceptors (Lipinski definition) is 2. The zero-order valence-corrected chi connectivity index (χ0v) is 16.4. The molecule has 0 radical (unpaired) electrons. The predicted molar refractivity (Wildman–Crippen MR) is 105 cm³/mol. The zero-order valence-electron chi connectivity index (χ0n) is 14.1. The Morgan fingerprint density at radius 1 is 1.23 bits per heavy atom. The van der Waals surface area contributed by atoms with Crippen LogP contribution in [0, 0.1) is 5.92 Å². The Balaban J connectivity index is 0.00000441. The third-order valence-electron chi connectivity index (χ3n) is 3.23. The smallest absolute Gasteiger partial charge is 0.191 e. The molecule has 0 aliphatic carbocycles. The van der Waals surface area contributed by atoms with Gasteiger partial charge in [0.05, 0.1) is 6.54 Å². The van der Waals surface area contributed by atoms with Crippen molar-refractivity contribution in [3.8, 4) is 5.75 Å². The van der Waals surface area contributed by atoms with Gasteiger partial charge in [-0.15, -0.1) is 24.0 Å². The highest BCUT2D eigenvalue weighted by atomic mass is 127. The fourth-order valence-electron chi connectivity index (χ4n) is 2.03. The summed E-state index contributed by atoms with van der Waals surface area (Å²) in [5, 5.41) is 16.2. The first-order valence-electron chi connectivity index (χ1n) is 7.84. The van der Waals surface area contributed by atoms with Gasteiger partial charge in [0.15, 0.2) is 5.96 Å². The van der Waals surface area contributed by atoms with Gasteiger partial charge in [-0.1, -0.05) is 26.0 Å². The van der Waals surface area contributed by atoms with E-state index < -0.39 is 0 Å². The van der Waals surface area contributed by atoms with Gasteiger partial charge in [-0.3, -0.25) is 0 Å². The molecule has 0 aromatic heterocycles. The molecule has 22 heavy (non-hydrogen) atoms. The molecule has 0 amide bonds. The van der Waals surface area contributed by atoms with Crippen molar-refractivity contribution in [1.82, 2.24) is 10.6 Å². The van der Waals surface area contributed by atoms with Crippen molar-refractivity contribution in [3.63, 3.8) is 0 Å². The number of phenols is 1. The first-order valence-corrected chi connectivity index (χ1v) is 7.84. The molecule has 0 heterocycles. The number of rotatable bonds is 7.